The summed E-state index contributed by atoms with van der Waals surface area (Å²) >= 11 is 6.01. The summed E-state index contributed by atoms with van der Waals surface area (Å²) in [5.41, 5.74) is 1.40. The molecule has 44 heavy (non-hydrogen) atoms. The first-order valence-electron chi connectivity index (χ1n) is 15.2. The van der Waals surface area contributed by atoms with E-state index in [9.17, 15) is 18.8 Å². The van der Waals surface area contributed by atoms with E-state index in [-0.39, 0.29) is 36.5 Å². The Morgan fingerprint density at radius 2 is 1.93 bits per heavy atom. The molecule has 0 saturated carbocycles. The number of halogens is 2. The van der Waals surface area contributed by atoms with E-state index in [1.807, 2.05) is 12.1 Å². The number of likely N-dealkylation sites (N-methyl/N-ethyl adjacent to an activating group) is 1. The van der Waals surface area contributed by atoms with Crippen molar-refractivity contribution in [2.45, 2.75) is 69.9 Å². The van der Waals surface area contributed by atoms with Gasteiger partial charge in [-0.1, -0.05) is 23.7 Å². The standard InChI is InChI=1S/C32H39ClFN5O5/c1-19(29(40)31-38-25-10-8-23(34)15-28(25)44-31)37-30(41)27-16-24(43-18-21-3-6-22(33)7-4-21)17-39(27)32(42)26(35-2)9-5-20-11-13-36-14-12-20/h3-4,6-8,10,15,19-20,24,26-27,35-36H,5,9,11-14,16-18H2,1-2H3,(H,37,41)/t19-,24+,26+,27-/m0/s1. The van der Waals surface area contributed by atoms with Crippen LogP contribution < -0.4 is 16.0 Å². The minimum atomic E-state index is -0.994. The van der Waals surface area contributed by atoms with Gasteiger partial charge in [0.2, 0.25) is 17.6 Å². The van der Waals surface area contributed by atoms with Crippen molar-refractivity contribution in [3.63, 3.8) is 0 Å². The number of oxazole rings is 1. The average Bonchev–Trinajstić information content (AvgIpc) is 3.65. The Hall–Kier alpha value is -3.38. The van der Waals surface area contributed by atoms with E-state index >= 15 is 0 Å². The lowest BCUT2D eigenvalue weighted by Gasteiger charge is -2.30. The predicted octanol–water partition coefficient (Wildman–Crippen LogP) is 3.86. The number of ketones is 1. The first-order chi connectivity index (χ1) is 21.2. The maximum atomic E-state index is 13.9. The zero-order valence-electron chi connectivity index (χ0n) is 25.0. The minimum Gasteiger partial charge on any atom is -0.434 e. The molecule has 3 heterocycles. The molecule has 1 aromatic heterocycles. The number of ether oxygens (including phenoxy) is 1. The van der Waals surface area contributed by atoms with Crippen LogP contribution >= 0.6 is 11.6 Å². The van der Waals surface area contributed by atoms with Crippen LogP contribution in [0.5, 0.6) is 0 Å². The second-order valence-corrected chi connectivity index (χ2v) is 12.1. The Kier molecular flexibility index (Phi) is 10.6. The highest BCUT2D eigenvalue weighted by molar-refractivity contribution is 6.30. The van der Waals surface area contributed by atoms with Gasteiger partial charge in [-0.15, -0.1) is 0 Å². The Bertz CT molecular complexity index is 1460. The van der Waals surface area contributed by atoms with E-state index in [2.05, 4.69) is 20.9 Å². The highest BCUT2D eigenvalue weighted by Gasteiger charge is 2.42. The van der Waals surface area contributed by atoms with Crippen LogP contribution in [-0.4, -0.2) is 78.4 Å². The van der Waals surface area contributed by atoms with Crippen LogP contribution in [0.2, 0.25) is 5.02 Å². The van der Waals surface area contributed by atoms with Gasteiger partial charge in [-0.05, 0) is 88.5 Å². The molecule has 0 aliphatic carbocycles. The van der Waals surface area contributed by atoms with E-state index < -0.39 is 35.6 Å². The van der Waals surface area contributed by atoms with E-state index in [4.69, 9.17) is 20.8 Å². The fraction of sp³-hybridized carbons (Fsp3) is 0.500. The normalized spacial score (nSPS) is 20.5. The Morgan fingerprint density at radius 3 is 2.66 bits per heavy atom. The lowest BCUT2D eigenvalue weighted by atomic mass is 9.91. The summed E-state index contributed by atoms with van der Waals surface area (Å²) in [6, 6.07) is 8.83. The highest BCUT2D eigenvalue weighted by atomic mass is 35.5. The van der Waals surface area contributed by atoms with Gasteiger partial charge in [-0.2, -0.15) is 0 Å². The third kappa shape index (κ3) is 7.82. The van der Waals surface area contributed by atoms with Gasteiger partial charge >= 0.3 is 0 Å². The third-order valence-electron chi connectivity index (χ3n) is 8.53. The van der Waals surface area contributed by atoms with Gasteiger partial charge in [0, 0.05) is 24.1 Å². The van der Waals surface area contributed by atoms with Gasteiger partial charge in [0.05, 0.1) is 24.8 Å². The van der Waals surface area contributed by atoms with E-state index in [0.717, 1.165) is 44.0 Å². The maximum Gasteiger partial charge on any atom is 0.266 e. The van der Waals surface area contributed by atoms with Crippen molar-refractivity contribution >= 4 is 40.3 Å². The number of likely N-dealkylation sites (tertiary alicyclic amines) is 1. The zero-order chi connectivity index (χ0) is 31.2. The van der Waals surface area contributed by atoms with Crippen LogP contribution in [0.1, 0.15) is 55.3 Å². The van der Waals surface area contributed by atoms with Crippen LogP contribution in [-0.2, 0) is 20.9 Å². The Morgan fingerprint density at radius 1 is 1.18 bits per heavy atom. The number of benzene rings is 2. The number of Topliss-reactive ketones (excluding diaryl/α,β-unsaturated/α-hetero) is 1. The predicted molar refractivity (Wildman–Crippen MR) is 164 cm³/mol. The molecule has 236 valence electrons. The first-order valence-corrected chi connectivity index (χ1v) is 15.5. The SMILES string of the molecule is CN[C@H](CCC1CCNCC1)C(=O)N1C[C@H](OCc2ccc(Cl)cc2)C[C@H]1C(=O)N[C@@H](C)C(=O)c1nc2ccc(F)cc2o1. The molecule has 0 bridgehead atoms. The molecule has 0 radical (unpaired) electrons. The molecule has 0 unspecified atom stereocenters. The van der Waals surface area contributed by atoms with Gasteiger partial charge < -0.3 is 30.0 Å². The fourth-order valence-corrected chi connectivity index (χ4v) is 6.06. The number of carbonyl (C=O) groups is 3. The molecule has 2 fully saturated rings. The second-order valence-electron chi connectivity index (χ2n) is 11.6. The molecule has 3 aromatic rings. The molecule has 3 N–H and O–H groups in total. The van der Waals surface area contributed by atoms with E-state index in [1.165, 1.54) is 19.1 Å². The molecule has 2 aliphatic heterocycles. The van der Waals surface area contributed by atoms with Crippen molar-refractivity contribution in [2.24, 2.45) is 5.92 Å². The van der Waals surface area contributed by atoms with Gasteiger partial charge in [0.15, 0.2) is 5.58 Å². The van der Waals surface area contributed by atoms with Crippen LogP contribution in [0.25, 0.3) is 11.1 Å². The lowest BCUT2D eigenvalue weighted by Crippen LogP contribution is -2.54. The number of carbonyl (C=O) groups excluding carboxylic acids is 3. The summed E-state index contributed by atoms with van der Waals surface area (Å²) in [6.07, 6.45) is 3.64. The van der Waals surface area contributed by atoms with Gasteiger partial charge in [-0.25, -0.2) is 9.37 Å². The molecule has 2 amide bonds. The van der Waals surface area contributed by atoms with Crippen molar-refractivity contribution in [3.05, 3.63) is 64.8 Å². The van der Waals surface area contributed by atoms with Gasteiger partial charge in [-0.3, -0.25) is 14.4 Å². The first kappa shape index (κ1) is 32.0. The maximum absolute atomic E-state index is 13.9. The lowest BCUT2D eigenvalue weighted by molar-refractivity contribution is -0.140. The number of piperidine rings is 1. The molecular formula is C32H39ClFN5O5. The molecular weight excluding hydrogens is 589 g/mol. The fourth-order valence-electron chi connectivity index (χ4n) is 5.93. The smallest absolute Gasteiger partial charge is 0.266 e. The zero-order valence-corrected chi connectivity index (χ0v) is 25.7. The van der Waals surface area contributed by atoms with Crippen LogP contribution in [0, 0.1) is 11.7 Å². The third-order valence-corrected chi connectivity index (χ3v) is 8.78. The highest BCUT2D eigenvalue weighted by Crippen LogP contribution is 2.26. The second kappa shape index (κ2) is 14.6. The molecule has 5 rings (SSSR count). The molecule has 10 nitrogen and oxygen atoms in total. The number of hydrogen-bond donors (Lipinski definition) is 3. The number of amides is 2. The molecule has 2 aromatic carbocycles. The Labute approximate surface area is 261 Å². The van der Waals surface area contributed by atoms with Crippen LogP contribution in [0.3, 0.4) is 0 Å². The number of aromatic nitrogens is 1. The molecule has 12 heteroatoms. The number of hydrogen-bond acceptors (Lipinski definition) is 8. The summed E-state index contributed by atoms with van der Waals surface area (Å²) in [4.78, 5) is 46.3. The number of nitrogens with one attached hydrogen (secondary N) is 3. The summed E-state index contributed by atoms with van der Waals surface area (Å²) in [6.45, 7) is 4.05. The largest absolute Gasteiger partial charge is 0.434 e. The average molecular weight is 628 g/mol. The van der Waals surface area contributed by atoms with Crippen molar-refractivity contribution < 1.29 is 27.9 Å². The summed E-state index contributed by atoms with van der Waals surface area (Å²) in [7, 11) is 1.76. The van der Waals surface area contributed by atoms with Crippen molar-refractivity contribution in [2.75, 3.05) is 26.7 Å². The number of fused-ring (bicyclic) bond motifs is 1. The quantitative estimate of drug-likeness (QED) is 0.259. The molecule has 2 aliphatic rings. The Balaban J connectivity index is 1.27. The summed E-state index contributed by atoms with van der Waals surface area (Å²) in [5, 5.41) is 9.90. The van der Waals surface area contributed by atoms with Crippen LogP contribution in [0.15, 0.2) is 46.9 Å². The molecule has 2 saturated heterocycles. The van der Waals surface area contributed by atoms with E-state index in [1.54, 1.807) is 24.1 Å². The number of rotatable bonds is 12. The monoisotopic (exact) mass is 627 g/mol. The van der Waals surface area contributed by atoms with Gasteiger partial charge in [0.1, 0.15) is 17.4 Å². The van der Waals surface area contributed by atoms with Crippen LogP contribution in [0.4, 0.5) is 4.39 Å². The van der Waals surface area contributed by atoms with Crippen molar-refractivity contribution in [1.82, 2.24) is 25.8 Å². The minimum absolute atomic E-state index is 0.141. The van der Waals surface area contributed by atoms with Crippen molar-refractivity contribution in [1.29, 1.82) is 0 Å². The number of nitrogens with zero attached hydrogens (tertiary/aromatic N) is 2. The van der Waals surface area contributed by atoms with Crippen molar-refractivity contribution in [3.8, 4) is 0 Å². The summed E-state index contributed by atoms with van der Waals surface area (Å²) in [5.74, 6) is -1.37. The molecule has 4 atom stereocenters. The van der Waals surface area contributed by atoms with Gasteiger partial charge in [0.25, 0.3) is 5.89 Å². The van der Waals surface area contributed by atoms with E-state index in [0.29, 0.717) is 29.5 Å². The molecule has 0 spiro atoms. The summed E-state index contributed by atoms with van der Waals surface area (Å²) < 4.78 is 25.2. The topological polar surface area (TPSA) is 126 Å².